The number of aryl methyl sites for hydroxylation is 2. The first-order chi connectivity index (χ1) is 14.9. The molecule has 1 aliphatic carbocycles. The molecule has 0 spiro atoms. The van der Waals surface area contributed by atoms with Gasteiger partial charge in [-0.25, -0.2) is 0 Å². The van der Waals surface area contributed by atoms with E-state index in [0.717, 1.165) is 17.0 Å². The van der Waals surface area contributed by atoms with Gasteiger partial charge in [0.15, 0.2) is 0 Å². The van der Waals surface area contributed by atoms with Crippen LogP contribution >= 0.6 is 11.8 Å². The lowest BCUT2D eigenvalue weighted by Gasteiger charge is -2.22. The van der Waals surface area contributed by atoms with E-state index in [1.54, 1.807) is 4.90 Å². The third kappa shape index (κ3) is 6.86. The highest BCUT2D eigenvalue weighted by Gasteiger charge is 2.18. The van der Waals surface area contributed by atoms with E-state index >= 15 is 0 Å². The first kappa shape index (κ1) is 23.4. The summed E-state index contributed by atoms with van der Waals surface area (Å²) in [4.78, 5) is 28.1. The molecule has 31 heavy (non-hydrogen) atoms. The maximum Gasteiger partial charge on any atom is 0.255 e. The van der Waals surface area contributed by atoms with Crippen LogP contribution in [0.4, 0.5) is 0 Å². The first-order valence-corrected chi connectivity index (χ1v) is 12.2. The van der Waals surface area contributed by atoms with Crippen LogP contribution in [0.2, 0.25) is 0 Å². The quantitative estimate of drug-likeness (QED) is 0.564. The summed E-state index contributed by atoms with van der Waals surface area (Å²) in [5, 5.41) is 3.08. The van der Waals surface area contributed by atoms with Gasteiger partial charge in [0, 0.05) is 25.0 Å². The third-order valence-electron chi connectivity index (χ3n) is 6.04. The van der Waals surface area contributed by atoms with Crippen LogP contribution in [-0.2, 0) is 11.3 Å². The van der Waals surface area contributed by atoms with Crippen molar-refractivity contribution in [2.75, 3.05) is 19.3 Å². The number of amides is 2. The molecule has 0 heterocycles. The van der Waals surface area contributed by atoms with E-state index in [1.807, 2.05) is 31.3 Å². The lowest BCUT2D eigenvalue weighted by Crippen LogP contribution is -2.31. The van der Waals surface area contributed by atoms with Crippen molar-refractivity contribution in [3.8, 4) is 0 Å². The minimum absolute atomic E-state index is 0.0225. The molecule has 0 radical (unpaired) electrons. The highest BCUT2D eigenvalue weighted by molar-refractivity contribution is 8.00. The van der Waals surface area contributed by atoms with Gasteiger partial charge in [0.1, 0.15) is 0 Å². The minimum Gasteiger partial charge on any atom is -0.355 e. The number of nitrogens with zero attached hydrogens (tertiary/aromatic N) is 1. The van der Waals surface area contributed by atoms with Crippen LogP contribution in [0, 0.1) is 19.8 Å². The van der Waals surface area contributed by atoms with Crippen molar-refractivity contribution in [2.24, 2.45) is 5.92 Å². The van der Waals surface area contributed by atoms with Crippen LogP contribution in [0.3, 0.4) is 0 Å². The second kappa shape index (κ2) is 11.4. The summed E-state index contributed by atoms with van der Waals surface area (Å²) in [6.45, 7) is 5.49. The van der Waals surface area contributed by atoms with Gasteiger partial charge in [-0.1, -0.05) is 55.2 Å². The molecular formula is C26H34N2O2S. The number of thioether (sulfide) groups is 1. The van der Waals surface area contributed by atoms with Gasteiger partial charge in [-0.3, -0.25) is 9.59 Å². The average molecular weight is 439 g/mol. The summed E-state index contributed by atoms with van der Waals surface area (Å²) in [7, 11) is 1.83. The Morgan fingerprint density at radius 2 is 1.81 bits per heavy atom. The summed E-state index contributed by atoms with van der Waals surface area (Å²) in [5.41, 5.74) is 4.21. The molecule has 2 amide bonds. The van der Waals surface area contributed by atoms with Crippen molar-refractivity contribution >= 4 is 23.6 Å². The van der Waals surface area contributed by atoms with E-state index in [4.69, 9.17) is 0 Å². The molecule has 0 aromatic heterocycles. The van der Waals surface area contributed by atoms with Crippen molar-refractivity contribution in [1.82, 2.24) is 10.2 Å². The molecule has 2 aromatic carbocycles. The Balaban J connectivity index is 1.57. The number of hydrogen-bond donors (Lipinski definition) is 1. The van der Waals surface area contributed by atoms with Crippen molar-refractivity contribution in [1.29, 1.82) is 0 Å². The van der Waals surface area contributed by atoms with Gasteiger partial charge in [0.25, 0.3) is 5.91 Å². The monoisotopic (exact) mass is 438 g/mol. The zero-order chi connectivity index (χ0) is 22.2. The number of rotatable bonds is 8. The van der Waals surface area contributed by atoms with E-state index < -0.39 is 0 Å². The number of nitrogens with one attached hydrogen (secondary N) is 1. The zero-order valence-corrected chi connectivity index (χ0v) is 19.8. The lowest BCUT2D eigenvalue weighted by atomic mass is 9.89. The maximum atomic E-state index is 13.1. The van der Waals surface area contributed by atoms with Gasteiger partial charge in [-0.05, 0) is 55.9 Å². The number of carbonyl (C=O) groups excluding carboxylic acids is 2. The molecule has 166 valence electrons. The van der Waals surface area contributed by atoms with Gasteiger partial charge in [0.05, 0.1) is 11.3 Å². The SMILES string of the molecule is Cc1ccc(CN(C)C(=O)c2ccccc2SCC(=O)NCC2CCCCC2)c(C)c1. The van der Waals surface area contributed by atoms with Gasteiger partial charge in [-0.15, -0.1) is 11.8 Å². The van der Waals surface area contributed by atoms with Crippen LogP contribution < -0.4 is 5.32 Å². The molecule has 0 aliphatic heterocycles. The normalized spacial score (nSPS) is 14.3. The van der Waals surface area contributed by atoms with Gasteiger partial charge < -0.3 is 10.2 Å². The van der Waals surface area contributed by atoms with E-state index in [0.29, 0.717) is 23.8 Å². The Morgan fingerprint density at radius 1 is 1.06 bits per heavy atom. The smallest absolute Gasteiger partial charge is 0.255 e. The Labute approximate surface area is 190 Å². The molecule has 0 saturated heterocycles. The molecule has 1 saturated carbocycles. The van der Waals surface area contributed by atoms with Crippen LogP contribution in [0.25, 0.3) is 0 Å². The lowest BCUT2D eigenvalue weighted by molar-refractivity contribution is -0.118. The molecule has 0 unspecified atom stereocenters. The highest BCUT2D eigenvalue weighted by Crippen LogP contribution is 2.25. The average Bonchev–Trinajstić information content (AvgIpc) is 2.78. The largest absolute Gasteiger partial charge is 0.355 e. The predicted octanol–water partition coefficient (Wildman–Crippen LogP) is 5.36. The van der Waals surface area contributed by atoms with Gasteiger partial charge in [0.2, 0.25) is 5.91 Å². The summed E-state index contributed by atoms with van der Waals surface area (Å²) in [5.74, 6) is 0.972. The Bertz CT molecular complexity index is 906. The Hall–Kier alpha value is -2.27. The first-order valence-electron chi connectivity index (χ1n) is 11.2. The van der Waals surface area contributed by atoms with E-state index in [2.05, 4.69) is 37.4 Å². The number of hydrogen-bond acceptors (Lipinski definition) is 3. The van der Waals surface area contributed by atoms with Crippen LogP contribution in [0.5, 0.6) is 0 Å². The second-order valence-electron chi connectivity index (χ2n) is 8.68. The van der Waals surface area contributed by atoms with Gasteiger partial charge >= 0.3 is 0 Å². The molecule has 1 N–H and O–H groups in total. The molecule has 0 bridgehead atoms. The summed E-state index contributed by atoms with van der Waals surface area (Å²) < 4.78 is 0. The van der Waals surface area contributed by atoms with Crippen LogP contribution in [0.1, 0.15) is 59.2 Å². The standard InChI is InChI=1S/C26H34N2O2S/c1-19-13-14-22(20(2)15-19)17-28(3)26(30)23-11-7-8-12-24(23)31-18-25(29)27-16-21-9-5-4-6-10-21/h7-8,11-15,21H,4-6,9-10,16-18H2,1-3H3,(H,27,29). The summed E-state index contributed by atoms with van der Waals surface area (Å²) in [6.07, 6.45) is 6.32. The van der Waals surface area contributed by atoms with Crippen LogP contribution in [-0.4, -0.2) is 36.1 Å². The molecule has 4 nitrogen and oxygen atoms in total. The molecular weight excluding hydrogens is 404 g/mol. The molecule has 2 aromatic rings. The molecule has 0 atom stereocenters. The second-order valence-corrected chi connectivity index (χ2v) is 9.70. The Kier molecular flexibility index (Phi) is 8.59. The number of benzene rings is 2. The minimum atomic E-state index is -0.0225. The maximum absolute atomic E-state index is 13.1. The molecule has 1 fully saturated rings. The molecule has 5 heteroatoms. The van der Waals surface area contributed by atoms with Gasteiger partial charge in [-0.2, -0.15) is 0 Å². The zero-order valence-electron chi connectivity index (χ0n) is 18.9. The molecule has 3 rings (SSSR count). The molecule has 1 aliphatic rings. The number of carbonyl (C=O) groups is 2. The fourth-order valence-electron chi connectivity index (χ4n) is 4.17. The van der Waals surface area contributed by atoms with Crippen molar-refractivity contribution in [3.05, 3.63) is 64.7 Å². The fourth-order valence-corrected chi connectivity index (χ4v) is 5.04. The third-order valence-corrected chi connectivity index (χ3v) is 7.11. The topological polar surface area (TPSA) is 49.4 Å². The van der Waals surface area contributed by atoms with Crippen molar-refractivity contribution in [3.63, 3.8) is 0 Å². The van der Waals surface area contributed by atoms with E-state index in [1.165, 1.54) is 55.0 Å². The highest BCUT2D eigenvalue weighted by atomic mass is 32.2. The summed E-state index contributed by atoms with van der Waals surface area (Å²) in [6, 6.07) is 13.9. The fraction of sp³-hybridized carbons (Fsp3) is 0.462. The predicted molar refractivity (Wildman–Crippen MR) is 128 cm³/mol. The Morgan fingerprint density at radius 3 is 2.55 bits per heavy atom. The summed E-state index contributed by atoms with van der Waals surface area (Å²) >= 11 is 1.44. The van der Waals surface area contributed by atoms with Crippen LogP contribution in [0.15, 0.2) is 47.4 Å². The van der Waals surface area contributed by atoms with E-state index in [-0.39, 0.29) is 11.8 Å². The van der Waals surface area contributed by atoms with E-state index in [9.17, 15) is 9.59 Å². The van der Waals surface area contributed by atoms with Crippen molar-refractivity contribution < 1.29 is 9.59 Å². The van der Waals surface area contributed by atoms with Crippen molar-refractivity contribution in [2.45, 2.75) is 57.4 Å².